The fourth-order valence-electron chi connectivity index (χ4n) is 3.37. The first-order chi connectivity index (χ1) is 15.2. The number of guanidine groups is 1. The molecule has 170 valence electrons. The van der Waals surface area contributed by atoms with Gasteiger partial charge in [-0.1, -0.05) is 18.2 Å². The topological polar surface area (TPSA) is 88.8 Å². The molecule has 0 unspecified atom stereocenters. The molecule has 1 fully saturated rings. The van der Waals surface area contributed by atoms with E-state index in [2.05, 4.69) is 31.8 Å². The minimum atomic E-state index is 0.535. The molecular weight excluding hydrogens is 394 g/mol. The first-order valence-corrected chi connectivity index (χ1v) is 11.0. The number of aromatic nitrogens is 3. The minimum Gasteiger partial charge on any atom is -0.494 e. The van der Waals surface area contributed by atoms with E-state index >= 15 is 0 Å². The van der Waals surface area contributed by atoms with E-state index in [0.29, 0.717) is 19.7 Å². The van der Waals surface area contributed by atoms with Crippen LogP contribution in [-0.2, 0) is 24.9 Å². The summed E-state index contributed by atoms with van der Waals surface area (Å²) in [7, 11) is 1.97. The van der Waals surface area contributed by atoms with Crippen LogP contribution in [-0.4, -0.2) is 71.6 Å². The van der Waals surface area contributed by atoms with Gasteiger partial charge in [0.05, 0.1) is 32.9 Å². The summed E-state index contributed by atoms with van der Waals surface area (Å²) in [6.45, 7) is 11.2. The molecule has 2 aromatic rings. The van der Waals surface area contributed by atoms with Crippen molar-refractivity contribution in [3.05, 3.63) is 41.5 Å². The van der Waals surface area contributed by atoms with Gasteiger partial charge in [0, 0.05) is 32.2 Å². The van der Waals surface area contributed by atoms with Crippen molar-refractivity contribution in [2.24, 2.45) is 12.0 Å². The Bertz CT molecular complexity index is 831. The maximum absolute atomic E-state index is 5.74. The quantitative estimate of drug-likeness (QED) is 0.336. The summed E-state index contributed by atoms with van der Waals surface area (Å²) < 4.78 is 13.1. The van der Waals surface area contributed by atoms with E-state index in [4.69, 9.17) is 14.5 Å². The molecule has 0 saturated carbocycles. The zero-order chi connectivity index (χ0) is 21.9. The number of para-hydroxylation sites is 1. The number of aliphatic imine (C=N–C) groups is 1. The number of morpholine rings is 1. The molecule has 1 aliphatic heterocycles. The first-order valence-electron chi connectivity index (χ1n) is 11.0. The Morgan fingerprint density at radius 1 is 1.19 bits per heavy atom. The number of nitrogens with one attached hydrogen (secondary N) is 2. The van der Waals surface area contributed by atoms with Crippen LogP contribution in [0.5, 0.6) is 5.75 Å². The molecule has 0 atom stereocenters. The Balaban J connectivity index is 1.58. The maximum atomic E-state index is 5.74. The summed E-state index contributed by atoms with van der Waals surface area (Å²) >= 11 is 0. The molecule has 0 radical (unpaired) electrons. The van der Waals surface area contributed by atoms with Gasteiger partial charge in [0.15, 0.2) is 11.8 Å². The number of aryl methyl sites for hydroxylation is 1. The first kappa shape index (κ1) is 23.0. The maximum Gasteiger partial charge on any atom is 0.191 e. The third-order valence-corrected chi connectivity index (χ3v) is 5.32. The van der Waals surface area contributed by atoms with Crippen LogP contribution in [0.4, 0.5) is 0 Å². The predicted molar refractivity (Wildman–Crippen MR) is 121 cm³/mol. The number of nitrogens with zero attached hydrogens (tertiary/aromatic N) is 5. The monoisotopic (exact) mass is 429 g/mol. The van der Waals surface area contributed by atoms with Gasteiger partial charge in [-0.2, -0.15) is 0 Å². The van der Waals surface area contributed by atoms with Crippen molar-refractivity contribution in [2.45, 2.75) is 33.4 Å². The van der Waals surface area contributed by atoms with Crippen molar-refractivity contribution < 1.29 is 9.47 Å². The van der Waals surface area contributed by atoms with Crippen LogP contribution >= 0.6 is 0 Å². The zero-order valence-electron chi connectivity index (χ0n) is 18.9. The number of rotatable bonds is 10. The van der Waals surface area contributed by atoms with Crippen molar-refractivity contribution in [1.29, 1.82) is 0 Å². The van der Waals surface area contributed by atoms with Crippen LogP contribution in [0.1, 0.15) is 30.6 Å². The van der Waals surface area contributed by atoms with Crippen LogP contribution in [0.15, 0.2) is 29.3 Å². The molecule has 2 heterocycles. The normalized spacial score (nSPS) is 15.1. The van der Waals surface area contributed by atoms with E-state index in [-0.39, 0.29) is 0 Å². The Labute approximate surface area is 184 Å². The second kappa shape index (κ2) is 12.3. The van der Waals surface area contributed by atoms with Crippen LogP contribution in [0.25, 0.3) is 0 Å². The van der Waals surface area contributed by atoms with Crippen LogP contribution in [0.2, 0.25) is 0 Å². The summed E-state index contributed by atoms with van der Waals surface area (Å²) in [4.78, 5) is 7.24. The molecule has 2 N–H and O–H groups in total. The van der Waals surface area contributed by atoms with E-state index in [1.807, 2.05) is 43.7 Å². The molecule has 0 spiro atoms. The number of hydrogen-bond acceptors (Lipinski definition) is 6. The lowest BCUT2D eigenvalue weighted by Gasteiger charge is -2.26. The van der Waals surface area contributed by atoms with Gasteiger partial charge in [0.2, 0.25) is 0 Å². The van der Waals surface area contributed by atoms with Crippen molar-refractivity contribution in [2.75, 3.05) is 46.0 Å². The molecular formula is C22H35N7O2. The molecule has 0 amide bonds. The SMILES string of the molecule is CCOc1ccccc1CN=C(NCCCN1CCOCC1)NCc1nnc(C)n1C. The molecule has 1 aliphatic rings. The number of benzene rings is 1. The van der Waals surface area contributed by atoms with E-state index in [9.17, 15) is 0 Å². The molecule has 9 nitrogen and oxygen atoms in total. The Kier molecular flexibility index (Phi) is 9.11. The van der Waals surface area contributed by atoms with E-state index in [1.54, 1.807) is 0 Å². The van der Waals surface area contributed by atoms with E-state index in [1.165, 1.54) is 0 Å². The van der Waals surface area contributed by atoms with Gasteiger partial charge in [-0.05, 0) is 32.9 Å². The van der Waals surface area contributed by atoms with Gasteiger partial charge >= 0.3 is 0 Å². The largest absolute Gasteiger partial charge is 0.494 e. The fraction of sp³-hybridized carbons (Fsp3) is 0.591. The molecule has 0 aliphatic carbocycles. The summed E-state index contributed by atoms with van der Waals surface area (Å²) in [5.74, 6) is 3.40. The lowest BCUT2D eigenvalue weighted by atomic mass is 10.2. The average Bonchev–Trinajstić information content (AvgIpc) is 3.12. The van der Waals surface area contributed by atoms with Gasteiger partial charge in [0.1, 0.15) is 11.6 Å². The highest BCUT2D eigenvalue weighted by Crippen LogP contribution is 2.18. The second-order valence-electron chi connectivity index (χ2n) is 7.52. The molecule has 9 heteroatoms. The number of hydrogen-bond donors (Lipinski definition) is 2. The van der Waals surface area contributed by atoms with Crippen molar-refractivity contribution in [3.63, 3.8) is 0 Å². The van der Waals surface area contributed by atoms with Crippen LogP contribution in [0, 0.1) is 6.92 Å². The Morgan fingerprint density at radius 3 is 2.74 bits per heavy atom. The lowest BCUT2D eigenvalue weighted by molar-refractivity contribution is 0.0376. The van der Waals surface area contributed by atoms with Gasteiger partial charge in [-0.25, -0.2) is 4.99 Å². The van der Waals surface area contributed by atoms with Crippen LogP contribution in [0.3, 0.4) is 0 Å². The highest BCUT2D eigenvalue weighted by molar-refractivity contribution is 5.79. The smallest absolute Gasteiger partial charge is 0.191 e. The van der Waals surface area contributed by atoms with Crippen molar-refractivity contribution in [3.8, 4) is 5.75 Å². The molecule has 1 aromatic carbocycles. The molecule has 1 aromatic heterocycles. The Hall–Kier alpha value is -2.65. The predicted octanol–water partition coefficient (Wildman–Crippen LogP) is 1.48. The van der Waals surface area contributed by atoms with Gasteiger partial charge in [0.25, 0.3) is 0 Å². The third-order valence-electron chi connectivity index (χ3n) is 5.32. The van der Waals surface area contributed by atoms with Gasteiger partial charge in [-0.3, -0.25) is 4.90 Å². The Morgan fingerprint density at radius 2 is 2.00 bits per heavy atom. The van der Waals surface area contributed by atoms with Crippen molar-refractivity contribution >= 4 is 5.96 Å². The lowest BCUT2D eigenvalue weighted by Crippen LogP contribution is -2.40. The minimum absolute atomic E-state index is 0.535. The zero-order valence-corrected chi connectivity index (χ0v) is 18.9. The van der Waals surface area contributed by atoms with Gasteiger partial charge in [-0.15, -0.1) is 10.2 Å². The van der Waals surface area contributed by atoms with Gasteiger partial charge < -0.3 is 24.7 Å². The molecule has 0 bridgehead atoms. The molecule has 1 saturated heterocycles. The highest BCUT2D eigenvalue weighted by Gasteiger charge is 2.10. The summed E-state index contributed by atoms with van der Waals surface area (Å²) in [5, 5.41) is 15.2. The number of ether oxygens (including phenoxy) is 2. The summed E-state index contributed by atoms with van der Waals surface area (Å²) in [6, 6.07) is 8.03. The van der Waals surface area contributed by atoms with E-state index < -0.39 is 0 Å². The summed E-state index contributed by atoms with van der Waals surface area (Å²) in [6.07, 6.45) is 1.04. The molecule has 31 heavy (non-hydrogen) atoms. The average molecular weight is 430 g/mol. The second-order valence-corrected chi connectivity index (χ2v) is 7.52. The summed E-state index contributed by atoms with van der Waals surface area (Å²) in [5.41, 5.74) is 1.06. The van der Waals surface area contributed by atoms with Crippen LogP contribution < -0.4 is 15.4 Å². The van der Waals surface area contributed by atoms with E-state index in [0.717, 1.165) is 74.7 Å². The highest BCUT2D eigenvalue weighted by atomic mass is 16.5. The van der Waals surface area contributed by atoms with Crippen molar-refractivity contribution in [1.82, 2.24) is 30.3 Å². The third kappa shape index (κ3) is 7.22. The molecule has 3 rings (SSSR count). The fourth-order valence-corrected chi connectivity index (χ4v) is 3.37. The standard InChI is InChI=1S/C22H35N7O2/c1-4-31-20-9-6-5-8-19(20)16-24-22(25-17-21-27-26-18(2)28(21)3)23-10-7-11-29-12-14-30-15-13-29/h5-6,8-9H,4,7,10-17H2,1-3H3,(H2,23,24,25).